The van der Waals surface area contributed by atoms with E-state index in [0.29, 0.717) is 12.8 Å². The molecule has 0 aromatic carbocycles. The lowest BCUT2D eigenvalue weighted by Crippen LogP contribution is -2.66. The Morgan fingerprint density at radius 3 is 1.08 bits per heavy atom. The second kappa shape index (κ2) is 56.1. The van der Waals surface area contributed by atoms with Gasteiger partial charge in [0.2, 0.25) is 5.91 Å². The molecule has 12 N–H and O–H groups in total. The maximum Gasteiger partial charge on any atom is 0.220 e. The van der Waals surface area contributed by atoms with Gasteiger partial charge in [-0.25, -0.2) is 0 Å². The zero-order valence-corrected chi connectivity index (χ0v) is 58.3. The van der Waals surface area contributed by atoms with Crippen LogP contribution in [0.5, 0.6) is 0 Å². The van der Waals surface area contributed by atoms with Crippen molar-refractivity contribution < 1.29 is 89.4 Å². The third kappa shape index (κ3) is 37.3. The number of aliphatic hydroxyl groups is 11. The largest absolute Gasteiger partial charge is 0.394 e. The van der Waals surface area contributed by atoms with Crippen molar-refractivity contribution in [2.75, 3.05) is 26.4 Å². The van der Waals surface area contributed by atoms with Crippen LogP contribution < -0.4 is 5.32 Å². The summed E-state index contributed by atoms with van der Waals surface area (Å²) in [6.45, 7) is 1.77. The summed E-state index contributed by atoms with van der Waals surface area (Å²) in [5.41, 5.74) is 0. The van der Waals surface area contributed by atoms with Crippen LogP contribution in [-0.4, -0.2) is 193 Å². The number of hydrogen-bond donors (Lipinski definition) is 12. The lowest BCUT2D eigenvalue weighted by atomic mass is 9.96. The first-order chi connectivity index (χ1) is 45.3. The fourth-order valence-corrected chi connectivity index (χ4v) is 13.1. The standard InChI is InChI=1S/C74H139NO18/c1-3-5-7-9-11-13-15-17-19-21-23-25-27-28-30-32-34-36-38-40-42-44-46-48-50-52-62(80)75-57(58(79)51-49-47-45-43-41-39-37-35-33-31-29-26-24-22-20-18-16-14-12-10-8-6-4-2)56-88-72-68(86)65(83)70(60(54-77)90-72)93-74-69(87)66(84)71(61(55-78)91-74)92-73-67(85)64(82)63(81)59(53-76)89-73/h41,43,49,51,57-61,63-74,76-79,81-87H,3-40,42,44-48,50,52-56H2,1-2H3,(H,75,80)/b43-41+,51-49+. The first kappa shape index (κ1) is 85.5. The number of carbonyl (C=O) groups is 1. The maximum atomic E-state index is 13.4. The third-order valence-electron chi connectivity index (χ3n) is 19.3. The summed E-state index contributed by atoms with van der Waals surface area (Å²) in [5, 5.41) is 121. The van der Waals surface area contributed by atoms with Gasteiger partial charge >= 0.3 is 0 Å². The molecule has 0 aromatic heterocycles. The van der Waals surface area contributed by atoms with Crippen LogP contribution in [0.25, 0.3) is 0 Å². The first-order valence-electron chi connectivity index (χ1n) is 38.1. The molecule has 19 nitrogen and oxygen atoms in total. The molecule has 0 radical (unpaired) electrons. The van der Waals surface area contributed by atoms with E-state index >= 15 is 0 Å². The Labute approximate surface area is 562 Å². The zero-order valence-electron chi connectivity index (χ0n) is 58.3. The lowest BCUT2D eigenvalue weighted by molar-refractivity contribution is -0.379. The highest BCUT2D eigenvalue weighted by molar-refractivity contribution is 5.76. The Morgan fingerprint density at radius 2 is 0.688 bits per heavy atom. The minimum absolute atomic E-state index is 0.241. The second-order valence-electron chi connectivity index (χ2n) is 27.5. The van der Waals surface area contributed by atoms with Gasteiger partial charge < -0.3 is 89.9 Å². The number of rotatable bonds is 60. The molecule has 19 heteroatoms. The number of ether oxygens (including phenoxy) is 6. The molecule has 0 saturated carbocycles. The molecule has 3 rings (SSSR count). The third-order valence-corrected chi connectivity index (χ3v) is 19.3. The smallest absolute Gasteiger partial charge is 0.220 e. The van der Waals surface area contributed by atoms with Crippen LogP contribution in [-0.2, 0) is 33.2 Å². The molecule has 3 saturated heterocycles. The predicted molar refractivity (Wildman–Crippen MR) is 365 cm³/mol. The summed E-state index contributed by atoms with van der Waals surface area (Å²) in [6.07, 6.45) is 38.8. The number of carbonyl (C=O) groups excluding carboxylic acids is 1. The van der Waals surface area contributed by atoms with Crippen molar-refractivity contribution in [2.24, 2.45) is 0 Å². The highest BCUT2D eigenvalue weighted by Crippen LogP contribution is 2.33. The van der Waals surface area contributed by atoms with E-state index in [1.54, 1.807) is 6.08 Å². The average molecular weight is 1330 g/mol. The average Bonchev–Trinajstić information content (AvgIpc) is 0.814. The molecule has 17 unspecified atom stereocenters. The van der Waals surface area contributed by atoms with Crippen molar-refractivity contribution >= 4 is 5.91 Å². The normalized spacial score (nSPS) is 27.6. The van der Waals surface area contributed by atoms with Gasteiger partial charge in [0.25, 0.3) is 0 Å². The minimum Gasteiger partial charge on any atom is -0.394 e. The summed E-state index contributed by atoms with van der Waals surface area (Å²) >= 11 is 0. The molecule has 0 bridgehead atoms. The van der Waals surface area contributed by atoms with Crippen LogP contribution in [0.4, 0.5) is 0 Å². The summed E-state index contributed by atoms with van der Waals surface area (Å²) < 4.78 is 34.4. The van der Waals surface area contributed by atoms with Crippen molar-refractivity contribution in [3.63, 3.8) is 0 Å². The number of allylic oxidation sites excluding steroid dienone is 3. The van der Waals surface area contributed by atoms with Crippen molar-refractivity contribution in [2.45, 2.75) is 413 Å². The van der Waals surface area contributed by atoms with E-state index in [1.165, 1.54) is 238 Å². The van der Waals surface area contributed by atoms with Gasteiger partial charge in [0.1, 0.15) is 73.2 Å². The maximum absolute atomic E-state index is 13.4. The summed E-state index contributed by atoms with van der Waals surface area (Å²) in [4.78, 5) is 13.4. The lowest BCUT2D eigenvalue weighted by Gasteiger charge is -2.48. The Hall–Kier alpha value is -1.73. The number of amides is 1. The molecule has 3 heterocycles. The monoisotopic (exact) mass is 1330 g/mol. The van der Waals surface area contributed by atoms with Crippen LogP contribution in [0.15, 0.2) is 24.3 Å². The van der Waals surface area contributed by atoms with Crippen molar-refractivity contribution in [1.82, 2.24) is 5.32 Å². The van der Waals surface area contributed by atoms with Gasteiger partial charge in [-0.3, -0.25) is 4.79 Å². The van der Waals surface area contributed by atoms with Gasteiger partial charge in [-0.1, -0.05) is 295 Å². The van der Waals surface area contributed by atoms with Crippen LogP contribution in [0.2, 0.25) is 0 Å². The van der Waals surface area contributed by atoms with Gasteiger partial charge in [0.15, 0.2) is 18.9 Å². The fraction of sp³-hybridized carbons (Fsp3) is 0.932. The van der Waals surface area contributed by atoms with E-state index in [4.69, 9.17) is 28.4 Å². The number of hydrogen-bond acceptors (Lipinski definition) is 18. The van der Waals surface area contributed by atoms with Crippen LogP contribution in [0.1, 0.15) is 309 Å². The van der Waals surface area contributed by atoms with Gasteiger partial charge in [0, 0.05) is 6.42 Å². The summed E-state index contributed by atoms with van der Waals surface area (Å²) in [7, 11) is 0. The molecule has 3 fully saturated rings. The van der Waals surface area contributed by atoms with Crippen molar-refractivity contribution in [1.29, 1.82) is 0 Å². The molecule has 3 aliphatic rings. The molecule has 3 aliphatic heterocycles. The number of nitrogens with one attached hydrogen (secondary N) is 1. The van der Waals surface area contributed by atoms with E-state index in [0.717, 1.165) is 38.5 Å². The van der Waals surface area contributed by atoms with Crippen LogP contribution in [0, 0.1) is 0 Å². The first-order valence-corrected chi connectivity index (χ1v) is 38.1. The van der Waals surface area contributed by atoms with E-state index in [2.05, 4.69) is 31.3 Å². The van der Waals surface area contributed by atoms with Crippen LogP contribution >= 0.6 is 0 Å². The van der Waals surface area contributed by atoms with Gasteiger partial charge in [0.05, 0.1) is 38.6 Å². The Kier molecular flexibility index (Phi) is 51.5. The zero-order chi connectivity index (χ0) is 67.5. The van der Waals surface area contributed by atoms with Crippen LogP contribution in [0.3, 0.4) is 0 Å². The van der Waals surface area contributed by atoms with E-state index in [9.17, 15) is 61.0 Å². The summed E-state index contributed by atoms with van der Waals surface area (Å²) in [6, 6.07) is -0.987. The Balaban J connectivity index is 1.41. The number of aliphatic hydroxyl groups excluding tert-OH is 11. The molecule has 0 spiro atoms. The molecular formula is C74H139NO18. The second-order valence-corrected chi connectivity index (χ2v) is 27.5. The molecule has 93 heavy (non-hydrogen) atoms. The van der Waals surface area contributed by atoms with Crippen molar-refractivity contribution in [3.8, 4) is 0 Å². The number of unbranched alkanes of at least 4 members (excludes halogenated alkanes) is 42. The highest BCUT2D eigenvalue weighted by atomic mass is 16.8. The Bertz CT molecular complexity index is 1780. The topological polar surface area (TPSA) is 307 Å². The molecule has 0 aromatic rings. The fourth-order valence-electron chi connectivity index (χ4n) is 13.1. The SMILES string of the molecule is CCCCCCCCCCCCCCCCCCC/C=C/CC/C=C/C(O)C(COC1OC(CO)C(OC2OC(CO)C(OC3OC(CO)C(O)C(O)C3O)C(O)C2O)C(O)C1O)NC(=O)CCCCCCCCCCCCCCCCCCCCCCCCCCC. The molecule has 0 aliphatic carbocycles. The summed E-state index contributed by atoms with van der Waals surface area (Å²) in [5.74, 6) is -0.278. The minimum atomic E-state index is -1.98. The quantitative estimate of drug-likeness (QED) is 0.0199. The van der Waals surface area contributed by atoms with Gasteiger partial charge in [-0.15, -0.1) is 0 Å². The van der Waals surface area contributed by atoms with Crippen molar-refractivity contribution in [3.05, 3.63) is 24.3 Å². The predicted octanol–water partition coefficient (Wildman–Crippen LogP) is 11.4. The van der Waals surface area contributed by atoms with E-state index in [-0.39, 0.29) is 18.9 Å². The molecule has 17 atom stereocenters. The van der Waals surface area contributed by atoms with Gasteiger partial charge in [-0.2, -0.15) is 0 Å². The van der Waals surface area contributed by atoms with Gasteiger partial charge in [-0.05, 0) is 32.1 Å². The molecular weight excluding hydrogens is 1190 g/mol. The Morgan fingerprint density at radius 1 is 0.376 bits per heavy atom. The molecule has 1 amide bonds. The van der Waals surface area contributed by atoms with E-state index in [1.807, 2.05) is 6.08 Å². The highest BCUT2D eigenvalue weighted by Gasteiger charge is 2.53. The van der Waals surface area contributed by atoms with E-state index < -0.39 is 124 Å². The molecule has 548 valence electrons.